The van der Waals surface area contributed by atoms with Crippen LogP contribution in [0.1, 0.15) is 36.9 Å². The van der Waals surface area contributed by atoms with Crippen LogP contribution in [0.25, 0.3) is 0 Å². The monoisotopic (exact) mass is 413 g/mol. The van der Waals surface area contributed by atoms with E-state index >= 15 is 0 Å². The van der Waals surface area contributed by atoms with Crippen LogP contribution in [0.2, 0.25) is 5.02 Å². The summed E-state index contributed by atoms with van der Waals surface area (Å²) in [4.78, 5) is 18.1. The molecule has 2 aliphatic carbocycles. The van der Waals surface area contributed by atoms with Gasteiger partial charge in [0.15, 0.2) is 0 Å². The summed E-state index contributed by atoms with van der Waals surface area (Å²) in [6, 6.07) is 8.38. The largest absolute Gasteiger partial charge is 0.481 e. The number of carboxylic acids is 1. The van der Waals surface area contributed by atoms with Crippen LogP contribution in [-0.2, 0) is 4.79 Å². The number of carbonyl (C=O) groups is 1. The highest BCUT2D eigenvalue weighted by Gasteiger charge is 2.46. The Balaban J connectivity index is 1.36. The zero-order valence-corrected chi connectivity index (χ0v) is 16.7. The quantitative estimate of drug-likeness (QED) is 0.735. The standard InChI is InChI=1S/C21H20ClN3O2S/c22-13-2-6-15(7-3-13)28-19-11-25(14-4-5-14)24-20(19)12-1-8-18(23-10-12)16-9-17(16)21(26)27/h1-3,6-8,11-12,14,16-17H,4-5,9-10H2,(H,26,27). The minimum atomic E-state index is -0.715. The Morgan fingerprint density at radius 3 is 2.64 bits per heavy atom. The number of aliphatic imine (C=N–C) groups is 1. The van der Waals surface area contributed by atoms with Gasteiger partial charge in [-0.05, 0) is 49.6 Å². The maximum atomic E-state index is 11.1. The number of allylic oxidation sites excluding steroid dienone is 1. The fourth-order valence-corrected chi connectivity index (χ4v) is 4.73. The molecule has 1 aromatic carbocycles. The number of dihydropyridines is 1. The van der Waals surface area contributed by atoms with Crippen LogP contribution in [0, 0.1) is 11.8 Å². The van der Waals surface area contributed by atoms with Crippen LogP contribution in [0.15, 0.2) is 57.4 Å². The van der Waals surface area contributed by atoms with Crippen LogP contribution >= 0.6 is 23.4 Å². The van der Waals surface area contributed by atoms with E-state index in [9.17, 15) is 4.79 Å². The Morgan fingerprint density at radius 1 is 1.25 bits per heavy atom. The second kappa shape index (κ2) is 7.08. The van der Waals surface area contributed by atoms with Crippen molar-refractivity contribution in [3.8, 4) is 0 Å². The van der Waals surface area contributed by atoms with Gasteiger partial charge < -0.3 is 5.11 Å². The molecule has 5 nitrogen and oxygen atoms in total. The van der Waals surface area contributed by atoms with Gasteiger partial charge in [-0.2, -0.15) is 5.10 Å². The maximum absolute atomic E-state index is 11.1. The smallest absolute Gasteiger partial charge is 0.307 e. The summed E-state index contributed by atoms with van der Waals surface area (Å²) in [5, 5.41) is 14.8. The van der Waals surface area contributed by atoms with Crippen LogP contribution in [0.3, 0.4) is 0 Å². The van der Waals surface area contributed by atoms with Gasteiger partial charge in [0.05, 0.1) is 29.1 Å². The van der Waals surface area contributed by atoms with Crippen LogP contribution in [0.4, 0.5) is 0 Å². The van der Waals surface area contributed by atoms with Gasteiger partial charge in [-0.25, -0.2) is 0 Å². The normalized spacial score (nSPS) is 26.2. The number of hydrogen-bond donors (Lipinski definition) is 1. The van der Waals surface area contributed by atoms with Crippen LogP contribution < -0.4 is 0 Å². The number of hydrogen-bond acceptors (Lipinski definition) is 4. The third-order valence-electron chi connectivity index (χ3n) is 5.50. The maximum Gasteiger partial charge on any atom is 0.307 e. The molecule has 28 heavy (non-hydrogen) atoms. The molecular formula is C21H20ClN3O2S. The second-order valence-electron chi connectivity index (χ2n) is 7.66. The van der Waals surface area contributed by atoms with E-state index in [-0.39, 0.29) is 17.8 Å². The van der Waals surface area contributed by atoms with Crippen molar-refractivity contribution in [2.75, 3.05) is 6.54 Å². The molecule has 0 saturated heterocycles. The van der Waals surface area contributed by atoms with Crippen molar-refractivity contribution < 1.29 is 9.90 Å². The van der Waals surface area contributed by atoms with Gasteiger partial charge in [0, 0.05) is 33.7 Å². The highest BCUT2D eigenvalue weighted by atomic mass is 35.5. The first-order valence-corrected chi connectivity index (χ1v) is 10.8. The van der Waals surface area contributed by atoms with E-state index in [1.165, 1.54) is 12.8 Å². The van der Waals surface area contributed by atoms with E-state index in [1.807, 2.05) is 30.3 Å². The lowest BCUT2D eigenvalue weighted by Gasteiger charge is -2.15. The predicted molar refractivity (Wildman–Crippen MR) is 109 cm³/mol. The lowest BCUT2D eigenvalue weighted by atomic mass is 10.0. The molecule has 1 aliphatic heterocycles. The van der Waals surface area contributed by atoms with Crippen LogP contribution in [-0.4, -0.2) is 33.1 Å². The van der Waals surface area contributed by atoms with Gasteiger partial charge in [-0.15, -0.1) is 0 Å². The topological polar surface area (TPSA) is 67.5 Å². The highest BCUT2D eigenvalue weighted by molar-refractivity contribution is 7.99. The minimum absolute atomic E-state index is 0.0848. The first kappa shape index (κ1) is 18.0. The molecule has 3 aliphatic rings. The van der Waals surface area contributed by atoms with Crippen molar-refractivity contribution in [1.82, 2.24) is 9.78 Å². The summed E-state index contributed by atoms with van der Waals surface area (Å²) in [6.45, 7) is 0.629. The average molecular weight is 414 g/mol. The molecular weight excluding hydrogens is 394 g/mol. The zero-order chi connectivity index (χ0) is 19.3. The highest BCUT2D eigenvalue weighted by Crippen LogP contribution is 2.43. The van der Waals surface area contributed by atoms with E-state index in [0.717, 1.165) is 26.2 Å². The Bertz CT molecular complexity index is 978. The molecule has 0 bridgehead atoms. The first-order valence-electron chi connectivity index (χ1n) is 9.56. The van der Waals surface area contributed by atoms with E-state index in [4.69, 9.17) is 26.8 Å². The van der Waals surface area contributed by atoms with Crippen molar-refractivity contribution >= 4 is 35.0 Å². The summed E-state index contributed by atoms with van der Waals surface area (Å²) >= 11 is 7.71. The number of carboxylic acid groups (broad SMARTS) is 1. The molecule has 1 aromatic heterocycles. The lowest BCUT2D eigenvalue weighted by Crippen LogP contribution is -2.14. The van der Waals surface area contributed by atoms with Gasteiger partial charge in [0.2, 0.25) is 0 Å². The van der Waals surface area contributed by atoms with Crippen LogP contribution in [0.5, 0.6) is 0 Å². The van der Waals surface area contributed by atoms with E-state index < -0.39 is 5.97 Å². The molecule has 2 fully saturated rings. The molecule has 5 rings (SSSR count). The fraction of sp³-hybridized carbons (Fsp3) is 0.381. The summed E-state index contributed by atoms with van der Waals surface area (Å²) in [7, 11) is 0. The third-order valence-corrected chi connectivity index (χ3v) is 6.79. The number of aliphatic carboxylic acids is 1. The Morgan fingerprint density at radius 2 is 2.04 bits per heavy atom. The Hall–Kier alpha value is -2.05. The SMILES string of the molecule is O=C(O)C1CC1C1=NCC(c2nn(C3CC3)cc2Sc2ccc(Cl)cc2)C=C1. The van der Waals surface area contributed by atoms with Gasteiger partial charge >= 0.3 is 5.97 Å². The molecule has 2 aromatic rings. The summed E-state index contributed by atoms with van der Waals surface area (Å²) < 4.78 is 2.10. The van der Waals surface area contributed by atoms with Crippen molar-refractivity contribution in [3.63, 3.8) is 0 Å². The first-order chi connectivity index (χ1) is 13.6. The molecule has 2 saturated carbocycles. The average Bonchev–Trinajstić information content (AvgIpc) is 3.61. The van der Waals surface area contributed by atoms with E-state index in [2.05, 4.69) is 17.0 Å². The second-order valence-corrected chi connectivity index (χ2v) is 9.22. The molecule has 144 valence electrons. The van der Waals surface area contributed by atoms with Crippen molar-refractivity contribution in [1.29, 1.82) is 0 Å². The number of benzene rings is 1. The molecule has 3 atom stereocenters. The van der Waals surface area contributed by atoms with E-state index in [0.29, 0.717) is 19.0 Å². The number of rotatable bonds is 6. The van der Waals surface area contributed by atoms with Gasteiger partial charge in [0.25, 0.3) is 0 Å². The predicted octanol–water partition coefficient (Wildman–Crippen LogP) is 4.84. The molecule has 2 heterocycles. The number of nitrogens with zero attached hydrogens (tertiary/aromatic N) is 3. The zero-order valence-electron chi connectivity index (χ0n) is 15.2. The molecule has 3 unspecified atom stereocenters. The van der Waals surface area contributed by atoms with Gasteiger partial charge in [0.1, 0.15) is 0 Å². The van der Waals surface area contributed by atoms with E-state index in [1.54, 1.807) is 11.8 Å². The molecule has 0 radical (unpaired) electrons. The summed E-state index contributed by atoms with van der Waals surface area (Å²) in [6.07, 6.45) is 9.39. The number of aromatic nitrogens is 2. The van der Waals surface area contributed by atoms with Crippen molar-refractivity contribution in [2.45, 2.75) is 41.0 Å². The molecule has 0 amide bonds. The number of halogens is 1. The Labute approximate surface area is 172 Å². The van der Waals surface area contributed by atoms with Gasteiger partial charge in [-0.3, -0.25) is 14.5 Å². The lowest BCUT2D eigenvalue weighted by molar-refractivity contribution is -0.138. The summed E-state index contributed by atoms with van der Waals surface area (Å²) in [5.41, 5.74) is 1.98. The third kappa shape index (κ3) is 3.63. The summed E-state index contributed by atoms with van der Waals surface area (Å²) in [5.74, 6) is -0.764. The Kier molecular flexibility index (Phi) is 4.56. The van der Waals surface area contributed by atoms with Crippen molar-refractivity contribution in [3.05, 3.63) is 53.3 Å². The fourth-order valence-electron chi connectivity index (χ4n) is 3.63. The van der Waals surface area contributed by atoms with Gasteiger partial charge in [-0.1, -0.05) is 29.4 Å². The molecule has 1 N–H and O–H groups in total. The van der Waals surface area contributed by atoms with Crippen molar-refractivity contribution in [2.24, 2.45) is 16.8 Å². The molecule has 0 spiro atoms. The minimum Gasteiger partial charge on any atom is -0.481 e. The molecule has 7 heteroatoms.